The summed E-state index contributed by atoms with van der Waals surface area (Å²) in [6.45, 7) is 0.471. The third kappa shape index (κ3) is 3.58. The predicted molar refractivity (Wildman–Crippen MR) is 73.5 cm³/mol. The van der Waals surface area contributed by atoms with E-state index in [-0.39, 0.29) is 11.9 Å². The Bertz CT molecular complexity index is 714. The van der Waals surface area contributed by atoms with Crippen molar-refractivity contribution in [1.29, 1.82) is 0 Å². The molecule has 1 aliphatic heterocycles. The van der Waals surface area contributed by atoms with Crippen LogP contribution < -0.4 is 10.6 Å². The van der Waals surface area contributed by atoms with Crippen LogP contribution in [0.25, 0.3) is 0 Å². The summed E-state index contributed by atoms with van der Waals surface area (Å²) in [5.74, 6) is 0.692. The number of urea groups is 1. The number of amides is 2. The average molecular weight is 326 g/mol. The number of halogens is 3. The van der Waals surface area contributed by atoms with Gasteiger partial charge in [-0.3, -0.25) is 5.32 Å². The normalized spacial score (nSPS) is 17.4. The van der Waals surface area contributed by atoms with Crippen LogP contribution in [0.2, 0.25) is 0 Å². The van der Waals surface area contributed by atoms with Gasteiger partial charge in [0.25, 0.3) is 0 Å². The van der Waals surface area contributed by atoms with E-state index in [2.05, 4.69) is 25.7 Å². The lowest BCUT2D eigenvalue weighted by molar-refractivity contribution is -0.141. The Balaban J connectivity index is 1.60. The molecule has 122 valence electrons. The second-order valence-corrected chi connectivity index (χ2v) is 5.10. The molecular formula is C13H13F3N6O. The molecule has 2 amide bonds. The molecule has 0 saturated heterocycles. The van der Waals surface area contributed by atoms with Crippen molar-refractivity contribution in [3.63, 3.8) is 0 Å². The largest absolute Gasteiger partial charge is 0.433 e. The van der Waals surface area contributed by atoms with E-state index in [4.69, 9.17) is 0 Å². The molecule has 2 aromatic heterocycles. The monoisotopic (exact) mass is 326 g/mol. The molecule has 0 aliphatic carbocycles. The van der Waals surface area contributed by atoms with Gasteiger partial charge in [-0.1, -0.05) is 6.07 Å². The first kappa shape index (κ1) is 15.3. The number of pyridine rings is 1. The average Bonchev–Trinajstić information content (AvgIpc) is 2.94. The Labute approximate surface area is 128 Å². The summed E-state index contributed by atoms with van der Waals surface area (Å²) < 4.78 is 39.4. The number of anilines is 1. The Kier molecular flexibility index (Phi) is 3.89. The lowest BCUT2D eigenvalue weighted by atomic mass is 10.1. The van der Waals surface area contributed by atoms with Crippen molar-refractivity contribution in [3.05, 3.63) is 36.0 Å². The molecule has 0 saturated carbocycles. The Hall–Kier alpha value is -2.65. The molecule has 23 heavy (non-hydrogen) atoms. The fraction of sp³-hybridized carbons (Fsp3) is 0.385. The number of aromatic nitrogens is 4. The van der Waals surface area contributed by atoms with Crippen molar-refractivity contribution < 1.29 is 18.0 Å². The molecule has 1 aliphatic rings. The number of hydrogen-bond donors (Lipinski definition) is 2. The van der Waals surface area contributed by atoms with Gasteiger partial charge in [-0.15, -0.1) is 0 Å². The summed E-state index contributed by atoms with van der Waals surface area (Å²) in [6, 6.07) is 2.55. The van der Waals surface area contributed by atoms with E-state index in [1.807, 2.05) is 0 Å². The third-order valence-corrected chi connectivity index (χ3v) is 3.42. The van der Waals surface area contributed by atoms with E-state index in [0.29, 0.717) is 19.4 Å². The topological polar surface area (TPSA) is 84.7 Å². The summed E-state index contributed by atoms with van der Waals surface area (Å²) in [4.78, 5) is 19.4. The molecule has 0 radical (unpaired) electrons. The fourth-order valence-corrected chi connectivity index (χ4v) is 2.36. The van der Waals surface area contributed by atoms with Crippen LogP contribution in [0.4, 0.5) is 23.8 Å². The number of aryl methyl sites for hydroxylation is 1. The lowest BCUT2D eigenvalue weighted by Gasteiger charge is -2.23. The van der Waals surface area contributed by atoms with Gasteiger partial charge in [0.05, 0.1) is 12.6 Å². The maximum absolute atomic E-state index is 12.6. The highest BCUT2D eigenvalue weighted by atomic mass is 19.4. The van der Waals surface area contributed by atoms with Crippen molar-refractivity contribution in [1.82, 2.24) is 25.1 Å². The Morgan fingerprint density at radius 3 is 2.96 bits per heavy atom. The quantitative estimate of drug-likeness (QED) is 0.882. The molecule has 0 spiro atoms. The van der Waals surface area contributed by atoms with Crippen molar-refractivity contribution in [2.45, 2.75) is 31.6 Å². The van der Waals surface area contributed by atoms with E-state index < -0.39 is 17.9 Å². The number of carbonyl (C=O) groups excluding carboxylic acids is 1. The number of carbonyl (C=O) groups is 1. The molecule has 2 aromatic rings. The van der Waals surface area contributed by atoms with Gasteiger partial charge in [-0.05, 0) is 18.6 Å². The SMILES string of the molecule is O=C(Nc1cccc(C(F)(F)F)n1)N[C@H]1CCc2ncnn2C1. The molecule has 3 heterocycles. The standard InChI is InChI=1S/C13H13F3N6O/c14-13(15,16)9-2-1-3-10(20-9)21-12(23)19-8-4-5-11-17-7-18-22(11)6-8/h1-3,7-8H,4-6H2,(H2,19,20,21,23)/t8-/m0/s1. The van der Waals surface area contributed by atoms with Crippen molar-refractivity contribution >= 4 is 11.8 Å². The molecule has 0 aromatic carbocycles. The van der Waals surface area contributed by atoms with Crippen LogP contribution in [-0.4, -0.2) is 31.8 Å². The van der Waals surface area contributed by atoms with E-state index >= 15 is 0 Å². The van der Waals surface area contributed by atoms with Gasteiger partial charge in [-0.2, -0.15) is 18.3 Å². The lowest BCUT2D eigenvalue weighted by Crippen LogP contribution is -2.43. The van der Waals surface area contributed by atoms with Crippen LogP contribution in [0.15, 0.2) is 24.5 Å². The first-order chi connectivity index (χ1) is 10.9. The van der Waals surface area contributed by atoms with E-state index in [1.54, 1.807) is 4.68 Å². The molecule has 2 N–H and O–H groups in total. The Morgan fingerprint density at radius 1 is 1.35 bits per heavy atom. The zero-order chi connectivity index (χ0) is 16.4. The van der Waals surface area contributed by atoms with Crippen LogP contribution in [0.5, 0.6) is 0 Å². The van der Waals surface area contributed by atoms with Gasteiger partial charge in [0.1, 0.15) is 23.7 Å². The van der Waals surface area contributed by atoms with Crippen LogP contribution in [0.1, 0.15) is 17.9 Å². The third-order valence-electron chi connectivity index (χ3n) is 3.42. The minimum atomic E-state index is -4.55. The van der Waals surface area contributed by atoms with Gasteiger partial charge >= 0.3 is 12.2 Å². The fourth-order valence-electron chi connectivity index (χ4n) is 2.36. The second kappa shape index (κ2) is 5.86. The van der Waals surface area contributed by atoms with E-state index in [9.17, 15) is 18.0 Å². The van der Waals surface area contributed by atoms with Crippen LogP contribution in [-0.2, 0) is 19.1 Å². The molecule has 10 heteroatoms. The molecule has 3 rings (SSSR count). The van der Waals surface area contributed by atoms with Crippen molar-refractivity contribution in [2.75, 3.05) is 5.32 Å². The highest BCUT2D eigenvalue weighted by Crippen LogP contribution is 2.28. The zero-order valence-electron chi connectivity index (χ0n) is 11.8. The Morgan fingerprint density at radius 2 is 2.17 bits per heavy atom. The summed E-state index contributed by atoms with van der Waals surface area (Å²) >= 11 is 0. The number of nitrogens with one attached hydrogen (secondary N) is 2. The van der Waals surface area contributed by atoms with Crippen LogP contribution >= 0.6 is 0 Å². The maximum atomic E-state index is 12.6. The smallest absolute Gasteiger partial charge is 0.333 e. The molecular weight excluding hydrogens is 313 g/mol. The maximum Gasteiger partial charge on any atom is 0.433 e. The van der Waals surface area contributed by atoms with Crippen LogP contribution in [0, 0.1) is 0 Å². The van der Waals surface area contributed by atoms with Crippen molar-refractivity contribution in [2.24, 2.45) is 0 Å². The van der Waals surface area contributed by atoms with Crippen LogP contribution in [0.3, 0.4) is 0 Å². The van der Waals surface area contributed by atoms with E-state index in [0.717, 1.165) is 11.9 Å². The highest BCUT2D eigenvalue weighted by molar-refractivity contribution is 5.88. The number of hydrogen-bond acceptors (Lipinski definition) is 4. The first-order valence-electron chi connectivity index (χ1n) is 6.90. The van der Waals surface area contributed by atoms with E-state index in [1.165, 1.54) is 18.5 Å². The number of fused-ring (bicyclic) bond motifs is 1. The predicted octanol–water partition coefficient (Wildman–Crippen LogP) is 1.83. The van der Waals surface area contributed by atoms with Gasteiger partial charge in [0.2, 0.25) is 0 Å². The van der Waals surface area contributed by atoms with Gasteiger partial charge in [-0.25, -0.2) is 19.4 Å². The second-order valence-electron chi connectivity index (χ2n) is 5.10. The molecule has 1 atom stereocenters. The highest BCUT2D eigenvalue weighted by Gasteiger charge is 2.32. The van der Waals surface area contributed by atoms with Gasteiger partial charge in [0, 0.05) is 6.42 Å². The van der Waals surface area contributed by atoms with Crippen molar-refractivity contribution in [3.8, 4) is 0 Å². The van der Waals surface area contributed by atoms with Gasteiger partial charge in [0.15, 0.2) is 0 Å². The number of alkyl halides is 3. The molecule has 7 nitrogen and oxygen atoms in total. The molecule has 0 unspecified atom stereocenters. The van der Waals surface area contributed by atoms with Gasteiger partial charge < -0.3 is 5.32 Å². The minimum absolute atomic E-state index is 0.158. The molecule has 0 fully saturated rings. The first-order valence-corrected chi connectivity index (χ1v) is 6.90. The number of rotatable bonds is 2. The summed E-state index contributed by atoms with van der Waals surface area (Å²) in [5, 5.41) is 9.04. The summed E-state index contributed by atoms with van der Waals surface area (Å²) in [5.41, 5.74) is -1.06. The summed E-state index contributed by atoms with van der Waals surface area (Å²) in [6.07, 6.45) is -1.75. The number of nitrogens with zero attached hydrogens (tertiary/aromatic N) is 4. The minimum Gasteiger partial charge on any atom is -0.333 e. The molecule has 0 bridgehead atoms. The zero-order valence-corrected chi connectivity index (χ0v) is 11.8. The summed E-state index contributed by atoms with van der Waals surface area (Å²) in [7, 11) is 0.